The van der Waals surface area contributed by atoms with Gasteiger partial charge in [-0.15, -0.1) is 0 Å². The zero-order valence-corrected chi connectivity index (χ0v) is 33.9. The third-order valence-corrected chi connectivity index (χ3v) is 12.4. The predicted molar refractivity (Wildman–Crippen MR) is 233 cm³/mol. The van der Waals surface area contributed by atoms with Gasteiger partial charge in [-0.3, -0.25) is 4.90 Å². The van der Waals surface area contributed by atoms with Gasteiger partial charge in [0.2, 0.25) is 0 Å². The minimum Gasteiger partial charge on any atom is -0.292 e. The Kier molecular flexibility index (Phi) is 11.5. The number of benzene rings is 4. The SMILES string of the molecule is Cc1ccc2c(Cc3cc(CN(Cc4ccc(Sc5ccccc5)c(Cc5ccnc6nc(C)ccc56)c4)C(C)C)ccc3Sc3ccccc3)ccnc2n1. The summed E-state index contributed by atoms with van der Waals surface area (Å²) in [5.74, 6) is 0. The zero-order valence-electron chi connectivity index (χ0n) is 32.3. The molecule has 0 aliphatic heterocycles. The molecule has 5 nitrogen and oxygen atoms in total. The van der Waals surface area contributed by atoms with E-state index in [-0.39, 0.29) is 0 Å². The van der Waals surface area contributed by atoms with Gasteiger partial charge in [-0.1, -0.05) is 84.2 Å². The van der Waals surface area contributed by atoms with E-state index in [1.54, 1.807) is 0 Å². The fourth-order valence-electron chi connectivity index (χ4n) is 7.14. The molecule has 8 rings (SSSR count). The van der Waals surface area contributed by atoms with Crippen molar-refractivity contribution >= 4 is 45.6 Å². The largest absolute Gasteiger partial charge is 0.292 e. The van der Waals surface area contributed by atoms with E-state index in [1.807, 2.05) is 49.8 Å². The van der Waals surface area contributed by atoms with E-state index in [0.29, 0.717) is 6.04 Å². The van der Waals surface area contributed by atoms with Gasteiger partial charge in [0.05, 0.1) is 0 Å². The Morgan fingerprint density at radius 2 is 0.946 bits per heavy atom. The Balaban J connectivity index is 1.10. The number of pyridine rings is 4. The molecule has 56 heavy (non-hydrogen) atoms. The van der Waals surface area contributed by atoms with E-state index in [2.05, 4.69) is 162 Å². The van der Waals surface area contributed by atoms with Gasteiger partial charge in [-0.05, 0) is 147 Å². The van der Waals surface area contributed by atoms with E-state index in [4.69, 9.17) is 9.97 Å². The normalized spacial score (nSPS) is 11.6. The number of hydrogen-bond donors (Lipinski definition) is 0. The summed E-state index contributed by atoms with van der Waals surface area (Å²) >= 11 is 3.66. The molecule has 8 aromatic rings. The van der Waals surface area contributed by atoms with Crippen LogP contribution in [0.15, 0.2) is 165 Å². The van der Waals surface area contributed by atoms with Crippen molar-refractivity contribution in [3.8, 4) is 0 Å². The molecular formula is C49H45N5S2. The highest BCUT2D eigenvalue weighted by molar-refractivity contribution is 7.99. The minimum absolute atomic E-state index is 0.343. The highest BCUT2D eigenvalue weighted by Crippen LogP contribution is 2.35. The van der Waals surface area contributed by atoms with Crippen molar-refractivity contribution in [1.29, 1.82) is 0 Å². The third kappa shape index (κ3) is 9.03. The zero-order chi connectivity index (χ0) is 38.4. The van der Waals surface area contributed by atoms with Gasteiger partial charge in [-0.2, -0.15) is 0 Å². The highest BCUT2D eigenvalue weighted by atomic mass is 32.2. The first-order chi connectivity index (χ1) is 27.3. The van der Waals surface area contributed by atoms with Crippen LogP contribution in [0.3, 0.4) is 0 Å². The van der Waals surface area contributed by atoms with Crippen LogP contribution in [0.25, 0.3) is 22.1 Å². The fraction of sp³-hybridized carbons (Fsp3) is 0.184. The van der Waals surface area contributed by atoms with Crippen LogP contribution in [0.1, 0.15) is 58.6 Å². The van der Waals surface area contributed by atoms with Crippen LogP contribution in [0.5, 0.6) is 0 Å². The topological polar surface area (TPSA) is 54.8 Å². The van der Waals surface area contributed by atoms with Crippen molar-refractivity contribution in [3.63, 3.8) is 0 Å². The number of nitrogens with zero attached hydrogens (tertiary/aromatic N) is 5. The molecule has 0 bridgehead atoms. The second-order valence-corrected chi connectivity index (χ2v) is 16.9. The standard InChI is InChI=1S/C49H45N5S2/c1-33(2)54(31-36-17-21-46(55-42-11-7-5-8-12-42)40(27-36)29-38-23-25-50-48-44(38)19-15-34(3)52-48)32-37-18-22-47(56-43-13-9-6-10-14-43)41(28-37)30-39-24-26-51-49-45(39)20-16-35(4)53-49/h5-28,33H,29-32H2,1-4H3. The quantitative estimate of drug-likeness (QED) is 0.116. The summed E-state index contributed by atoms with van der Waals surface area (Å²) in [4.78, 5) is 26.2. The van der Waals surface area contributed by atoms with Crippen LogP contribution < -0.4 is 0 Å². The van der Waals surface area contributed by atoms with Crippen LogP contribution in [0.2, 0.25) is 0 Å². The van der Waals surface area contributed by atoms with Crippen LogP contribution >= 0.6 is 23.5 Å². The molecule has 0 atom stereocenters. The van der Waals surface area contributed by atoms with Crippen LogP contribution in [-0.2, 0) is 25.9 Å². The molecule has 4 aromatic heterocycles. The third-order valence-electron chi connectivity index (χ3n) is 10.1. The van der Waals surface area contributed by atoms with E-state index < -0.39 is 0 Å². The second kappa shape index (κ2) is 17.2. The second-order valence-electron chi connectivity index (χ2n) is 14.7. The Hall–Kier alpha value is -5.34. The van der Waals surface area contributed by atoms with E-state index in [9.17, 15) is 0 Å². The van der Waals surface area contributed by atoms with E-state index in [0.717, 1.165) is 59.4 Å². The molecule has 0 unspecified atom stereocenters. The molecule has 0 saturated heterocycles. The first-order valence-electron chi connectivity index (χ1n) is 19.2. The summed E-state index contributed by atoms with van der Waals surface area (Å²) in [5, 5.41) is 2.22. The molecule has 0 amide bonds. The molecule has 0 aliphatic carbocycles. The van der Waals surface area contributed by atoms with E-state index in [1.165, 1.54) is 53.0 Å². The van der Waals surface area contributed by atoms with Crippen LogP contribution in [0, 0.1) is 13.8 Å². The molecule has 4 aromatic carbocycles. The van der Waals surface area contributed by atoms with Crippen molar-refractivity contribution in [3.05, 3.63) is 191 Å². The lowest BCUT2D eigenvalue weighted by Crippen LogP contribution is -2.30. The molecule has 4 heterocycles. The highest BCUT2D eigenvalue weighted by Gasteiger charge is 2.17. The molecule has 0 N–H and O–H groups in total. The minimum atomic E-state index is 0.343. The molecule has 0 aliphatic rings. The van der Waals surface area contributed by atoms with Crippen LogP contribution in [-0.4, -0.2) is 30.9 Å². The molecule has 0 fully saturated rings. The van der Waals surface area contributed by atoms with Gasteiger partial charge in [0.1, 0.15) is 0 Å². The molecule has 0 saturated carbocycles. The average Bonchev–Trinajstić information content (AvgIpc) is 3.20. The van der Waals surface area contributed by atoms with E-state index >= 15 is 0 Å². The molecule has 0 spiro atoms. The average molecular weight is 768 g/mol. The summed E-state index contributed by atoms with van der Waals surface area (Å²) in [5.41, 5.74) is 11.3. The van der Waals surface area contributed by atoms with Gasteiger partial charge in [0.15, 0.2) is 11.3 Å². The van der Waals surface area contributed by atoms with Gasteiger partial charge < -0.3 is 0 Å². The maximum Gasteiger partial charge on any atom is 0.159 e. The first-order valence-corrected chi connectivity index (χ1v) is 20.8. The number of fused-ring (bicyclic) bond motifs is 2. The Morgan fingerprint density at radius 1 is 0.500 bits per heavy atom. The smallest absolute Gasteiger partial charge is 0.159 e. The number of aromatic nitrogens is 4. The summed E-state index contributed by atoms with van der Waals surface area (Å²) < 4.78 is 0. The Labute approximate surface area is 338 Å². The van der Waals surface area contributed by atoms with Gasteiger partial charge in [0, 0.05) is 73.3 Å². The summed E-state index contributed by atoms with van der Waals surface area (Å²) in [6.45, 7) is 10.3. The van der Waals surface area contributed by atoms with Crippen molar-refractivity contribution < 1.29 is 0 Å². The lowest BCUT2D eigenvalue weighted by molar-refractivity contribution is 0.203. The molecule has 278 valence electrons. The maximum atomic E-state index is 4.73. The van der Waals surface area contributed by atoms with Gasteiger partial charge >= 0.3 is 0 Å². The first kappa shape index (κ1) is 37.6. The number of aryl methyl sites for hydroxylation is 2. The Bertz CT molecular complexity index is 2430. The lowest BCUT2D eigenvalue weighted by atomic mass is 9.99. The van der Waals surface area contributed by atoms with Crippen molar-refractivity contribution in [1.82, 2.24) is 24.8 Å². The molecular weight excluding hydrogens is 723 g/mol. The predicted octanol–water partition coefficient (Wildman–Crippen LogP) is 12.1. The van der Waals surface area contributed by atoms with Crippen LogP contribution in [0.4, 0.5) is 0 Å². The van der Waals surface area contributed by atoms with Crippen molar-refractivity contribution in [2.24, 2.45) is 0 Å². The van der Waals surface area contributed by atoms with Crippen molar-refractivity contribution in [2.75, 3.05) is 0 Å². The number of hydrogen-bond acceptors (Lipinski definition) is 7. The summed E-state index contributed by atoms with van der Waals surface area (Å²) in [6.07, 6.45) is 5.39. The lowest BCUT2D eigenvalue weighted by Gasteiger charge is -2.27. The van der Waals surface area contributed by atoms with Gasteiger partial charge in [0.25, 0.3) is 0 Å². The molecule has 7 heteroatoms. The molecule has 0 radical (unpaired) electrons. The van der Waals surface area contributed by atoms with Gasteiger partial charge in [-0.25, -0.2) is 19.9 Å². The van der Waals surface area contributed by atoms with Crippen molar-refractivity contribution in [2.45, 2.75) is 79.2 Å². The Morgan fingerprint density at radius 3 is 1.38 bits per heavy atom. The monoisotopic (exact) mass is 767 g/mol. The fourth-order valence-corrected chi connectivity index (χ4v) is 9.03. The maximum absolute atomic E-state index is 4.73. The summed E-state index contributed by atoms with van der Waals surface area (Å²) in [7, 11) is 0. The number of rotatable bonds is 13. The summed E-state index contributed by atoms with van der Waals surface area (Å²) in [6, 6.07) is 48.6.